The molecule has 0 aliphatic rings. The summed E-state index contributed by atoms with van der Waals surface area (Å²) in [4.78, 5) is 21.2. The van der Waals surface area contributed by atoms with Gasteiger partial charge in [-0.2, -0.15) is 5.26 Å². The van der Waals surface area contributed by atoms with Crippen LogP contribution in [0.3, 0.4) is 0 Å². The summed E-state index contributed by atoms with van der Waals surface area (Å²) in [5.74, 6) is -0.908. The molecule has 0 N–H and O–H groups in total. The van der Waals surface area contributed by atoms with Crippen molar-refractivity contribution in [3.63, 3.8) is 0 Å². The summed E-state index contributed by atoms with van der Waals surface area (Å²) in [6.45, 7) is 0. The number of fused-ring (bicyclic) bond motifs is 1. The summed E-state index contributed by atoms with van der Waals surface area (Å²) >= 11 is 5.82. The van der Waals surface area contributed by atoms with E-state index in [-0.39, 0.29) is 5.78 Å². The molecule has 1 unspecified atom stereocenters. The fourth-order valence-electron chi connectivity index (χ4n) is 2.31. The molecule has 1 aromatic carbocycles. The number of rotatable bonds is 3. The molecule has 0 amide bonds. The maximum absolute atomic E-state index is 12.6. The Hall–Kier alpha value is -2.71. The van der Waals surface area contributed by atoms with Crippen molar-refractivity contribution >= 4 is 28.5 Å². The Morgan fingerprint density at radius 3 is 2.68 bits per heavy atom. The highest BCUT2D eigenvalue weighted by Crippen LogP contribution is 2.23. The third-order valence-corrected chi connectivity index (χ3v) is 3.69. The quantitative estimate of drug-likeness (QED) is 0.697. The van der Waals surface area contributed by atoms with Gasteiger partial charge in [0.05, 0.1) is 6.07 Å². The Bertz CT molecular complexity index is 893. The molecule has 22 heavy (non-hydrogen) atoms. The molecule has 6 heteroatoms. The predicted octanol–water partition coefficient (Wildman–Crippen LogP) is 3.11. The van der Waals surface area contributed by atoms with Gasteiger partial charge in [0.1, 0.15) is 11.3 Å². The molecule has 0 radical (unpaired) electrons. The number of halogens is 1. The van der Waals surface area contributed by atoms with Crippen LogP contribution in [-0.4, -0.2) is 20.3 Å². The lowest BCUT2D eigenvalue weighted by atomic mass is 9.98. The van der Waals surface area contributed by atoms with Gasteiger partial charge in [-0.05, 0) is 36.4 Å². The normalized spacial score (nSPS) is 12.0. The predicted molar refractivity (Wildman–Crippen MR) is 82.6 cm³/mol. The lowest BCUT2D eigenvalue weighted by Crippen LogP contribution is -2.15. The van der Waals surface area contributed by atoms with Crippen molar-refractivity contribution in [3.05, 3.63) is 59.0 Å². The molecule has 0 saturated heterocycles. The van der Waals surface area contributed by atoms with Crippen LogP contribution in [0.4, 0.5) is 0 Å². The Balaban J connectivity index is 2.06. The van der Waals surface area contributed by atoms with Crippen LogP contribution in [0.15, 0.2) is 42.6 Å². The summed E-state index contributed by atoms with van der Waals surface area (Å²) < 4.78 is 1.68. The number of aromatic nitrogens is 3. The number of nitrogens with zero attached hydrogens (tertiary/aromatic N) is 4. The molecule has 0 spiro atoms. The summed E-state index contributed by atoms with van der Waals surface area (Å²) in [7, 11) is 1.75. The maximum Gasteiger partial charge on any atom is 0.187 e. The molecular weight excluding hydrogens is 300 g/mol. The van der Waals surface area contributed by atoms with E-state index in [0.717, 1.165) is 0 Å². The molecule has 3 aromatic rings. The van der Waals surface area contributed by atoms with Gasteiger partial charge in [0.15, 0.2) is 17.3 Å². The maximum atomic E-state index is 12.6. The first kappa shape index (κ1) is 14.2. The van der Waals surface area contributed by atoms with Gasteiger partial charge >= 0.3 is 0 Å². The molecule has 0 aliphatic heterocycles. The number of aryl methyl sites for hydroxylation is 1. The summed E-state index contributed by atoms with van der Waals surface area (Å²) in [6, 6.07) is 12.1. The van der Waals surface area contributed by atoms with Gasteiger partial charge in [0, 0.05) is 23.8 Å². The highest BCUT2D eigenvalue weighted by molar-refractivity contribution is 6.30. The van der Waals surface area contributed by atoms with E-state index in [1.165, 1.54) is 0 Å². The SMILES string of the molecule is Cn1c(C(C#N)C(=O)c2ccc(Cl)cc2)nc2cccnc21. The first-order chi connectivity index (χ1) is 10.6. The van der Waals surface area contributed by atoms with Gasteiger partial charge in [0.25, 0.3) is 0 Å². The van der Waals surface area contributed by atoms with Crippen LogP contribution in [0, 0.1) is 11.3 Å². The second-order valence-electron chi connectivity index (χ2n) is 4.81. The zero-order valence-corrected chi connectivity index (χ0v) is 12.4. The lowest BCUT2D eigenvalue weighted by Gasteiger charge is -2.08. The van der Waals surface area contributed by atoms with Crippen molar-refractivity contribution in [1.82, 2.24) is 14.5 Å². The van der Waals surface area contributed by atoms with E-state index in [1.54, 1.807) is 54.2 Å². The summed E-state index contributed by atoms with van der Waals surface area (Å²) in [5, 5.41) is 9.98. The number of imidazole rings is 1. The van der Waals surface area contributed by atoms with Crippen LogP contribution in [0.1, 0.15) is 22.1 Å². The van der Waals surface area contributed by atoms with E-state index < -0.39 is 5.92 Å². The second kappa shape index (κ2) is 5.58. The van der Waals surface area contributed by atoms with Crippen molar-refractivity contribution < 1.29 is 4.79 Å². The molecule has 2 heterocycles. The largest absolute Gasteiger partial charge is 0.314 e. The molecule has 0 aliphatic carbocycles. The Kier molecular flexibility index (Phi) is 3.61. The number of pyridine rings is 1. The standard InChI is InChI=1S/C16H11ClN4O/c1-21-15(20-13-3-2-8-19-16(13)21)12(9-18)14(22)10-4-6-11(17)7-5-10/h2-8,12H,1H3. The van der Waals surface area contributed by atoms with Gasteiger partial charge < -0.3 is 4.57 Å². The van der Waals surface area contributed by atoms with Gasteiger partial charge in [-0.15, -0.1) is 0 Å². The minimum Gasteiger partial charge on any atom is -0.314 e. The molecule has 1 atom stereocenters. The van der Waals surface area contributed by atoms with Gasteiger partial charge in [-0.1, -0.05) is 11.6 Å². The minimum absolute atomic E-state index is 0.308. The van der Waals surface area contributed by atoms with E-state index in [2.05, 4.69) is 9.97 Å². The monoisotopic (exact) mass is 310 g/mol. The number of Topliss-reactive ketones (excluding diaryl/α,β-unsaturated/α-hetero) is 1. The van der Waals surface area contributed by atoms with Crippen LogP contribution >= 0.6 is 11.6 Å². The highest BCUT2D eigenvalue weighted by atomic mass is 35.5. The zero-order chi connectivity index (χ0) is 15.7. The van der Waals surface area contributed by atoms with E-state index in [9.17, 15) is 10.1 Å². The number of carbonyl (C=O) groups excluding carboxylic acids is 1. The number of hydrogen-bond donors (Lipinski definition) is 0. The summed E-state index contributed by atoms with van der Waals surface area (Å²) in [5.41, 5.74) is 1.72. The van der Waals surface area contributed by atoms with Gasteiger partial charge in [0.2, 0.25) is 0 Å². The molecule has 5 nitrogen and oxygen atoms in total. The van der Waals surface area contributed by atoms with Crippen LogP contribution in [0.5, 0.6) is 0 Å². The average molecular weight is 311 g/mol. The molecule has 0 saturated carbocycles. The zero-order valence-electron chi connectivity index (χ0n) is 11.7. The number of hydrogen-bond acceptors (Lipinski definition) is 4. The van der Waals surface area contributed by atoms with E-state index in [0.29, 0.717) is 27.6 Å². The Morgan fingerprint density at radius 1 is 1.32 bits per heavy atom. The average Bonchev–Trinajstić information content (AvgIpc) is 2.86. The molecule has 108 valence electrons. The van der Waals surface area contributed by atoms with E-state index in [4.69, 9.17) is 11.6 Å². The molecule has 0 bridgehead atoms. The first-order valence-electron chi connectivity index (χ1n) is 6.58. The van der Waals surface area contributed by atoms with Crippen molar-refractivity contribution in [3.8, 4) is 6.07 Å². The van der Waals surface area contributed by atoms with Crippen LogP contribution in [0.2, 0.25) is 5.02 Å². The molecule has 3 rings (SSSR count). The van der Waals surface area contributed by atoms with Gasteiger partial charge in [-0.25, -0.2) is 9.97 Å². The second-order valence-corrected chi connectivity index (χ2v) is 5.24. The third kappa shape index (κ3) is 2.34. The number of ketones is 1. The topological polar surface area (TPSA) is 71.6 Å². The first-order valence-corrected chi connectivity index (χ1v) is 6.96. The number of nitriles is 1. The number of carbonyl (C=O) groups is 1. The van der Waals surface area contributed by atoms with Crippen LogP contribution in [0.25, 0.3) is 11.2 Å². The highest BCUT2D eigenvalue weighted by Gasteiger charge is 2.27. The number of benzene rings is 1. The fourth-order valence-corrected chi connectivity index (χ4v) is 2.44. The van der Waals surface area contributed by atoms with Crippen molar-refractivity contribution in [1.29, 1.82) is 5.26 Å². The minimum atomic E-state index is -0.986. The third-order valence-electron chi connectivity index (χ3n) is 3.44. The van der Waals surface area contributed by atoms with E-state index >= 15 is 0 Å². The lowest BCUT2D eigenvalue weighted by molar-refractivity contribution is 0.0975. The van der Waals surface area contributed by atoms with Crippen molar-refractivity contribution in [2.45, 2.75) is 5.92 Å². The molecule has 0 fully saturated rings. The Morgan fingerprint density at radius 2 is 2.05 bits per heavy atom. The van der Waals surface area contributed by atoms with Crippen LogP contribution in [-0.2, 0) is 7.05 Å². The van der Waals surface area contributed by atoms with Crippen molar-refractivity contribution in [2.75, 3.05) is 0 Å². The smallest absolute Gasteiger partial charge is 0.187 e. The molecular formula is C16H11ClN4O. The molecule has 2 aromatic heterocycles. The fraction of sp³-hybridized carbons (Fsp3) is 0.125. The Labute approximate surface area is 131 Å². The van der Waals surface area contributed by atoms with Gasteiger partial charge in [-0.3, -0.25) is 4.79 Å². The van der Waals surface area contributed by atoms with Crippen LogP contribution < -0.4 is 0 Å². The van der Waals surface area contributed by atoms with Crippen molar-refractivity contribution in [2.24, 2.45) is 7.05 Å². The van der Waals surface area contributed by atoms with E-state index in [1.807, 2.05) is 6.07 Å². The summed E-state index contributed by atoms with van der Waals surface area (Å²) in [6.07, 6.45) is 1.65.